The summed E-state index contributed by atoms with van der Waals surface area (Å²) >= 11 is 2.52. The van der Waals surface area contributed by atoms with Crippen LogP contribution in [0, 0.1) is 5.82 Å². The van der Waals surface area contributed by atoms with Crippen LogP contribution in [0.3, 0.4) is 0 Å². The lowest BCUT2D eigenvalue weighted by molar-refractivity contribution is -0.114. The predicted molar refractivity (Wildman–Crippen MR) is 112 cm³/mol. The molecular weight excluding hydrogens is 417 g/mol. The highest BCUT2D eigenvalue weighted by molar-refractivity contribution is 8.00. The van der Waals surface area contributed by atoms with Crippen LogP contribution in [0.1, 0.15) is 0 Å². The SMILES string of the molecule is O=C(CSCC(=O)Nc1nc2cc3c(cc2s1)OCCO3)Nc1ccc(F)cc1. The van der Waals surface area contributed by atoms with Gasteiger partial charge >= 0.3 is 0 Å². The number of thioether (sulfide) groups is 1. The first-order valence-electron chi connectivity index (χ1n) is 8.70. The molecule has 0 bridgehead atoms. The van der Waals surface area contributed by atoms with Gasteiger partial charge in [-0.1, -0.05) is 11.3 Å². The van der Waals surface area contributed by atoms with E-state index in [1.165, 1.54) is 47.4 Å². The summed E-state index contributed by atoms with van der Waals surface area (Å²) in [6, 6.07) is 9.14. The van der Waals surface area contributed by atoms with Gasteiger partial charge in [0.1, 0.15) is 19.0 Å². The highest BCUT2D eigenvalue weighted by atomic mass is 32.2. The molecule has 0 aliphatic carbocycles. The molecule has 0 saturated carbocycles. The van der Waals surface area contributed by atoms with Crippen LogP contribution in [0.15, 0.2) is 36.4 Å². The van der Waals surface area contributed by atoms with Gasteiger partial charge in [-0.05, 0) is 24.3 Å². The maximum absolute atomic E-state index is 12.9. The number of hydrogen-bond acceptors (Lipinski definition) is 7. The van der Waals surface area contributed by atoms with Crippen molar-refractivity contribution >= 4 is 55.9 Å². The van der Waals surface area contributed by atoms with Gasteiger partial charge in [-0.15, -0.1) is 11.8 Å². The predicted octanol–water partition coefficient (Wildman–Crippen LogP) is 3.52. The lowest BCUT2D eigenvalue weighted by Gasteiger charge is -2.17. The Kier molecular flexibility index (Phi) is 5.81. The first-order chi connectivity index (χ1) is 14.1. The quantitative estimate of drug-likeness (QED) is 0.618. The van der Waals surface area contributed by atoms with E-state index in [0.29, 0.717) is 35.5 Å². The number of anilines is 2. The molecule has 0 unspecified atom stereocenters. The number of nitrogens with one attached hydrogen (secondary N) is 2. The number of thiazole rings is 1. The van der Waals surface area contributed by atoms with Crippen LogP contribution in [0.2, 0.25) is 0 Å². The van der Waals surface area contributed by atoms with Gasteiger partial charge in [0.2, 0.25) is 11.8 Å². The van der Waals surface area contributed by atoms with Gasteiger partial charge in [0.05, 0.1) is 21.7 Å². The average molecular weight is 433 g/mol. The van der Waals surface area contributed by atoms with E-state index >= 15 is 0 Å². The number of carbonyl (C=O) groups excluding carboxylic acids is 2. The number of aromatic nitrogens is 1. The molecule has 0 fully saturated rings. The molecule has 0 saturated heterocycles. The van der Waals surface area contributed by atoms with Crippen LogP contribution < -0.4 is 20.1 Å². The van der Waals surface area contributed by atoms with E-state index in [9.17, 15) is 14.0 Å². The van der Waals surface area contributed by atoms with Crippen LogP contribution in [-0.4, -0.2) is 41.5 Å². The molecule has 150 valence electrons. The van der Waals surface area contributed by atoms with Crippen molar-refractivity contribution in [3.8, 4) is 11.5 Å². The Balaban J connectivity index is 1.27. The van der Waals surface area contributed by atoms with Crippen LogP contribution in [-0.2, 0) is 9.59 Å². The Labute approximate surface area is 173 Å². The van der Waals surface area contributed by atoms with Gasteiger partial charge < -0.3 is 20.1 Å². The van der Waals surface area contributed by atoms with Crippen LogP contribution in [0.25, 0.3) is 10.2 Å². The second-order valence-corrected chi connectivity index (χ2v) is 8.09. The van der Waals surface area contributed by atoms with Gasteiger partial charge in [-0.25, -0.2) is 9.37 Å². The summed E-state index contributed by atoms with van der Waals surface area (Å²) in [5.74, 6) is 0.647. The Hall–Kier alpha value is -2.85. The summed E-state index contributed by atoms with van der Waals surface area (Å²) < 4.78 is 24.8. The molecule has 10 heteroatoms. The van der Waals surface area contributed by atoms with Gasteiger partial charge in [0.15, 0.2) is 16.6 Å². The molecule has 2 amide bonds. The number of ether oxygens (including phenoxy) is 2. The molecular formula is C19H16FN3O4S2. The van der Waals surface area contributed by atoms with Crippen LogP contribution in [0.4, 0.5) is 15.2 Å². The molecule has 4 rings (SSSR count). The smallest absolute Gasteiger partial charge is 0.236 e. The van der Waals surface area contributed by atoms with E-state index in [4.69, 9.17) is 9.47 Å². The Bertz CT molecular complexity index is 1010. The Morgan fingerprint density at radius 2 is 1.69 bits per heavy atom. The first-order valence-corrected chi connectivity index (χ1v) is 10.7. The van der Waals surface area contributed by atoms with Crippen molar-refractivity contribution in [1.29, 1.82) is 0 Å². The Morgan fingerprint density at radius 1 is 1.03 bits per heavy atom. The number of halogens is 1. The zero-order valence-corrected chi connectivity index (χ0v) is 16.7. The standard InChI is InChI=1S/C19H16FN3O4S2/c20-11-1-3-12(4-2-11)21-17(24)9-28-10-18(25)23-19-22-13-7-14-15(8-16(13)29-19)27-6-5-26-14/h1-4,7-8H,5-6,9-10H2,(H,21,24)(H,22,23,25). The summed E-state index contributed by atoms with van der Waals surface area (Å²) in [5.41, 5.74) is 1.23. The largest absolute Gasteiger partial charge is 0.486 e. The minimum Gasteiger partial charge on any atom is -0.486 e. The zero-order chi connectivity index (χ0) is 20.2. The second-order valence-electron chi connectivity index (χ2n) is 6.08. The number of nitrogens with zero attached hydrogens (tertiary/aromatic N) is 1. The number of hydrogen-bond donors (Lipinski definition) is 2. The summed E-state index contributed by atoms with van der Waals surface area (Å²) in [7, 11) is 0. The van der Waals surface area contributed by atoms with E-state index in [-0.39, 0.29) is 29.1 Å². The van der Waals surface area contributed by atoms with Gasteiger partial charge in [-0.2, -0.15) is 0 Å². The molecule has 2 aromatic carbocycles. The molecule has 29 heavy (non-hydrogen) atoms. The lowest BCUT2D eigenvalue weighted by Crippen LogP contribution is -2.18. The maximum Gasteiger partial charge on any atom is 0.236 e. The van der Waals surface area contributed by atoms with Crippen molar-refractivity contribution in [2.75, 3.05) is 35.4 Å². The fourth-order valence-electron chi connectivity index (χ4n) is 2.64. The monoisotopic (exact) mass is 433 g/mol. The number of benzene rings is 2. The van der Waals surface area contributed by atoms with E-state index < -0.39 is 0 Å². The molecule has 1 aliphatic heterocycles. The van der Waals surface area contributed by atoms with Gasteiger partial charge in [0, 0.05) is 17.8 Å². The first kappa shape index (κ1) is 19.5. The average Bonchev–Trinajstić information content (AvgIpc) is 3.08. The fraction of sp³-hybridized carbons (Fsp3) is 0.211. The molecule has 3 aromatic rings. The fourth-order valence-corrected chi connectivity index (χ4v) is 4.15. The molecule has 7 nitrogen and oxygen atoms in total. The molecule has 0 radical (unpaired) electrons. The Morgan fingerprint density at radius 3 is 2.41 bits per heavy atom. The van der Waals surface area contributed by atoms with Gasteiger partial charge in [0.25, 0.3) is 0 Å². The van der Waals surface area contributed by atoms with Crippen LogP contribution >= 0.6 is 23.1 Å². The van der Waals surface area contributed by atoms with Crippen molar-refractivity contribution in [2.24, 2.45) is 0 Å². The molecule has 1 aromatic heterocycles. The van der Waals surface area contributed by atoms with Crippen molar-refractivity contribution in [1.82, 2.24) is 4.98 Å². The number of fused-ring (bicyclic) bond motifs is 2. The highest BCUT2D eigenvalue weighted by Crippen LogP contribution is 2.37. The molecule has 0 spiro atoms. The summed E-state index contributed by atoms with van der Waals surface area (Å²) in [6.45, 7) is 1.01. The van der Waals surface area contributed by atoms with Crippen molar-refractivity contribution in [3.05, 3.63) is 42.2 Å². The summed E-state index contributed by atoms with van der Waals surface area (Å²) in [4.78, 5) is 28.4. The van der Waals surface area contributed by atoms with E-state index in [0.717, 1.165) is 10.2 Å². The molecule has 0 atom stereocenters. The minimum atomic E-state index is -0.371. The summed E-state index contributed by atoms with van der Waals surface area (Å²) in [5, 5.41) is 5.86. The third kappa shape index (κ3) is 4.96. The van der Waals surface area contributed by atoms with Gasteiger partial charge in [-0.3, -0.25) is 9.59 Å². The molecule has 2 N–H and O–H groups in total. The molecule has 2 heterocycles. The third-order valence-electron chi connectivity index (χ3n) is 3.89. The van der Waals surface area contributed by atoms with Crippen molar-refractivity contribution in [3.63, 3.8) is 0 Å². The van der Waals surface area contributed by atoms with E-state index in [1.54, 1.807) is 6.07 Å². The number of rotatable bonds is 6. The maximum atomic E-state index is 12.9. The topological polar surface area (TPSA) is 89.6 Å². The minimum absolute atomic E-state index is 0.103. The third-order valence-corrected chi connectivity index (χ3v) is 5.76. The van der Waals surface area contributed by atoms with E-state index in [2.05, 4.69) is 15.6 Å². The van der Waals surface area contributed by atoms with Crippen molar-refractivity contribution < 1.29 is 23.5 Å². The highest BCUT2D eigenvalue weighted by Gasteiger charge is 2.16. The van der Waals surface area contributed by atoms with Crippen LogP contribution in [0.5, 0.6) is 11.5 Å². The van der Waals surface area contributed by atoms with Crippen molar-refractivity contribution in [2.45, 2.75) is 0 Å². The normalized spacial score (nSPS) is 12.6. The molecule has 1 aliphatic rings. The zero-order valence-electron chi connectivity index (χ0n) is 15.1. The van der Waals surface area contributed by atoms with E-state index in [1.807, 2.05) is 6.07 Å². The number of amides is 2. The summed E-state index contributed by atoms with van der Waals surface area (Å²) in [6.07, 6.45) is 0. The second kappa shape index (κ2) is 8.66. The lowest BCUT2D eigenvalue weighted by atomic mass is 10.3. The number of carbonyl (C=O) groups is 2.